The van der Waals surface area contributed by atoms with Crippen LogP contribution in [0.25, 0.3) is 10.9 Å². The lowest BCUT2D eigenvalue weighted by molar-refractivity contribution is 0.169. The lowest BCUT2D eigenvalue weighted by atomic mass is 10.0. The summed E-state index contributed by atoms with van der Waals surface area (Å²) in [5.74, 6) is 0.687. The Hall–Kier alpha value is -1.45. The van der Waals surface area contributed by atoms with Crippen LogP contribution < -0.4 is 5.32 Å². The van der Waals surface area contributed by atoms with E-state index in [4.69, 9.17) is 0 Å². The van der Waals surface area contributed by atoms with Crippen molar-refractivity contribution in [2.75, 3.05) is 19.6 Å². The Kier molecular flexibility index (Phi) is 3.99. The first-order chi connectivity index (χ1) is 9.74. The van der Waals surface area contributed by atoms with E-state index in [-0.39, 0.29) is 0 Å². The van der Waals surface area contributed by atoms with E-state index in [1.54, 1.807) is 0 Å². The van der Waals surface area contributed by atoms with Crippen molar-refractivity contribution in [2.45, 2.75) is 26.4 Å². The van der Waals surface area contributed by atoms with Crippen LogP contribution in [0.4, 0.5) is 0 Å². The molecule has 2 aromatic rings. The monoisotopic (exact) mass is 269 g/mol. The van der Waals surface area contributed by atoms with Crippen molar-refractivity contribution < 1.29 is 0 Å². The van der Waals surface area contributed by atoms with Crippen molar-refractivity contribution in [3.8, 4) is 0 Å². The number of para-hydroxylation sites is 1. The van der Waals surface area contributed by atoms with Crippen LogP contribution in [0.2, 0.25) is 0 Å². The van der Waals surface area contributed by atoms with Crippen molar-refractivity contribution >= 4 is 10.9 Å². The Labute approximate surface area is 121 Å². The molecule has 0 amide bonds. The largest absolute Gasteiger partial charge is 0.311 e. The number of piperazine rings is 1. The maximum atomic E-state index is 4.45. The summed E-state index contributed by atoms with van der Waals surface area (Å²) in [4.78, 5) is 7.01. The second-order valence-corrected chi connectivity index (χ2v) is 6.03. The summed E-state index contributed by atoms with van der Waals surface area (Å²) in [6.07, 6.45) is 1.93. The number of hydrogen-bond acceptors (Lipinski definition) is 3. The van der Waals surface area contributed by atoms with E-state index in [2.05, 4.69) is 59.4 Å². The smallest absolute Gasteiger partial charge is 0.0705 e. The summed E-state index contributed by atoms with van der Waals surface area (Å²) in [5.41, 5.74) is 2.49. The Morgan fingerprint density at radius 1 is 1.30 bits per heavy atom. The van der Waals surface area contributed by atoms with E-state index in [1.165, 1.54) is 10.9 Å². The Morgan fingerprint density at radius 3 is 3.00 bits per heavy atom. The van der Waals surface area contributed by atoms with Gasteiger partial charge in [-0.3, -0.25) is 9.88 Å². The molecule has 1 aromatic carbocycles. The first kappa shape index (κ1) is 13.5. The van der Waals surface area contributed by atoms with Gasteiger partial charge in [0.1, 0.15) is 0 Å². The summed E-state index contributed by atoms with van der Waals surface area (Å²) >= 11 is 0. The maximum Gasteiger partial charge on any atom is 0.0705 e. The lowest BCUT2D eigenvalue weighted by Crippen LogP contribution is -2.52. The first-order valence-corrected chi connectivity index (χ1v) is 7.52. The lowest BCUT2D eigenvalue weighted by Gasteiger charge is -2.35. The average molecular weight is 269 g/mol. The zero-order valence-corrected chi connectivity index (χ0v) is 12.3. The van der Waals surface area contributed by atoms with Crippen LogP contribution in [0.5, 0.6) is 0 Å². The Balaban J connectivity index is 1.79. The number of fused-ring (bicyclic) bond motifs is 1. The molecule has 1 aromatic heterocycles. The highest BCUT2D eigenvalue weighted by Crippen LogP contribution is 2.19. The fourth-order valence-electron chi connectivity index (χ4n) is 2.97. The molecule has 0 radical (unpaired) electrons. The molecular weight excluding hydrogens is 246 g/mol. The molecule has 1 aliphatic heterocycles. The van der Waals surface area contributed by atoms with Gasteiger partial charge in [-0.2, -0.15) is 0 Å². The van der Waals surface area contributed by atoms with Gasteiger partial charge in [0.2, 0.25) is 0 Å². The van der Waals surface area contributed by atoms with E-state index in [0.717, 1.165) is 31.7 Å². The van der Waals surface area contributed by atoms with Crippen LogP contribution in [0, 0.1) is 5.92 Å². The molecule has 1 atom stereocenters. The van der Waals surface area contributed by atoms with Gasteiger partial charge in [0.15, 0.2) is 0 Å². The number of nitrogens with zero attached hydrogens (tertiary/aromatic N) is 2. The molecule has 20 heavy (non-hydrogen) atoms. The van der Waals surface area contributed by atoms with Crippen LogP contribution in [0.15, 0.2) is 36.5 Å². The van der Waals surface area contributed by atoms with Gasteiger partial charge in [0.25, 0.3) is 0 Å². The van der Waals surface area contributed by atoms with Crippen molar-refractivity contribution in [1.82, 2.24) is 15.2 Å². The number of nitrogens with one attached hydrogen (secondary N) is 1. The quantitative estimate of drug-likeness (QED) is 0.928. The van der Waals surface area contributed by atoms with Gasteiger partial charge in [0, 0.05) is 43.8 Å². The first-order valence-electron chi connectivity index (χ1n) is 7.52. The van der Waals surface area contributed by atoms with Crippen molar-refractivity contribution in [3.05, 3.63) is 42.1 Å². The Morgan fingerprint density at radius 2 is 2.15 bits per heavy atom. The minimum Gasteiger partial charge on any atom is -0.311 e. The van der Waals surface area contributed by atoms with Crippen molar-refractivity contribution in [2.24, 2.45) is 5.92 Å². The highest BCUT2D eigenvalue weighted by atomic mass is 15.2. The fourth-order valence-corrected chi connectivity index (χ4v) is 2.97. The van der Waals surface area contributed by atoms with E-state index < -0.39 is 0 Å². The normalized spacial score (nSPS) is 20.6. The minimum atomic E-state index is 0.608. The van der Waals surface area contributed by atoms with E-state index in [1.807, 2.05) is 6.20 Å². The predicted octanol–water partition coefficient (Wildman–Crippen LogP) is 2.66. The van der Waals surface area contributed by atoms with E-state index >= 15 is 0 Å². The third kappa shape index (κ3) is 2.84. The van der Waals surface area contributed by atoms with Crippen LogP contribution in [0.1, 0.15) is 19.4 Å². The number of rotatable bonds is 3. The van der Waals surface area contributed by atoms with Gasteiger partial charge in [-0.1, -0.05) is 32.0 Å². The number of pyridine rings is 1. The minimum absolute atomic E-state index is 0.608. The fraction of sp³-hybridized carbons (Fsp3) is 0.471. The maximum absolute atomic E-state index is 4.45. The number of benzene rings is 1. The molecule has 0 spiro atoms. The van der Waals surface area contributed by atoms with Gasteiger partial charge in [-0.05, 0) is 23.6 Å². The molecule has 0 aliphatic carbocycles. The molecule has 1 aliphatic rings. The average Bonchev–Trinajstić information content (AvgIpc) is 2.48. The zero-order chi connectivity index (χ0) is 13.9. The highest BCUT2D eigenvalue weighted by Gasteiger charge is 2.21. The predicted molar refractivity (Wildman–Crippen MR) is 83.6 cm³/mol. The van der Waals surface area contributed by atoms with Gasteiger partial charge in [-0.25, -0.2) is 0 Å². The molecule has 1 unspecified atom stereocenters. The summed E-state index contributed by atoms with van der Waals surface area (Å²) in [6.45, 7) is 8.96. The summed E-state index contributed by atoms with van der Waals surface area (Å²) in [7, 11) is 0. The van der Waals surface area contributed by atoms with Gasteiger partial charge >= 0.3 is 0 Å². The molecule has 3 rings (SSSR count). The van der Waals surface area contributed by atoms with Crippen molar-refractivity contribution in [3.63, 3.8) is 0 Å². The van der Waals surface area contributed by atoms with Crippen LogP contribution in [-0.4, -0.2) is 35.6 Å². The summed E-state index contributed by atoms with van der Waals surface area (Å²) < 4.78 is 0. The van der Waals surface area contributed by atoms with Crippen LogP contribution in [-0.2, 0) is 6.54 Å². The van der Waals surface area contributed by atoms with Gasteiger partial charge < -0.3 is 5.32 Å². The molecule has 1 saturated heterocycles. The zero-order valence-electron chi connectivity index (χ0n) is 12.3. The topological polar surface area (TPSA) is 28.2 Å². The molecule has 0 bridgehead atoms. The van der Waals surface area contributed by atoms with Gasteiger partial charge in [0.05, 0.1) is 5.52 Å². The summed E-state index contributed by atoms with van der Waals surface area (Å²) in [5, 5.41) is 4.90. The SMILES string of the molecule is CC(C)C1CN(Cc2ccnc3ccccc23)CCN1. The molecule has 2 heterocycles. The third-order valence-electron chi connectivity index (χ3n) is 4.23. The highest BCUT2D eigenvalue weighted by molar-refractivity contribution is 5.81. The van der Waals surface area contributed by atoms with Crippen molar-refractivity contribution in [1.29, 1.82) is 0 Å². The Bertz CT molecular complexity index is 574. The molecule has 3 nitrogen and oxygen atoms in total. The second kappa shape index (κ2) is 5.90. The van der Waals surface area contributed by atoms with Gasteiger partial charge in [-0.15, -0.1) is 0 Å². The third-order valence-corrected chi connectivity index (χ3v) is 4.23. The molecular formula is C17H23N3. The molecule has 3 heteroatoms. The number of aromatic nitrogens is 1. The van der Waals surface area contributed by atoms with Crippen LogP contribution in [0.3, 0.4) is 0 Å². The van der Waals surface area contributed by atoms with E-state index in [0.29, 0.717) is 12.0 Å². The molecule has 0 saturated carbocycles. The molecule has 106 valence electrons. The van der Waals surface area contributed by atoms with Crippen LogP contribution >= 0.6 is 0 Å². The second-order valence-electron chi connectivity index (χ2n) is 6.03. The molecule has 1 N–H and O–H groups in total. The number of hydrogen-bond donors (Lipinski definition) is 1. The standard InChI is InChI=1S/C17H23N3/c1-13(2)17-12-20(10-9-19-17)11-14-7-8-18-16-6-4-3-5-15(14)16/h3-8,13,17,19H,9-12H2,1-2H3. The molecule has 1 fully saturated rings. The summed E-state index contributed by atoms with van der Waals surface area (Å²) in [6, 6.07) is 11.2. The van der Waals surface area contributed by atoms with E-state index in [9.17, 15) is 0 Å².